The highest BCUT2D eigenvalue weighted by Crippen LogP contribution is 2.16. The van der Waals surface area contributed by atoms with Gasteiger partial charge in [-0.2, -0.15) is 0 Å². The maximum absolute atomic E-state index is 12.1. The maximum atomic E-state index is 12.1. The second kappa shape index (κ2) is 5.01. The molecule has 2 heterocycles. The van der Waals surface area contributed by atoms with Crippen LogP contribution in [0.1, 0.15) is 13.3 Å². The molecule has 6 nitrogen and oxygen atoms in total. The van der Waals surface area contributed by atoms with E-state index < -0.39 is 12.1 Å². The van der Waals surface area contributed by atoms with E-state index in [0.29, 0.717) is 26.3 Å². The lowest BCUT2D eigenvalue weighted by Crippen LogP contribution is -2.51. The number of carbonyl (C=O) groups is 2. The molecule has 0 saturated carbocycles. The first kappa shape index (κ1) is 12.3. The van der Waals surface area contributed by atoms with Crippen molar-refractivity contribution in [1.29, 1.82) is 0 Å². The second-order valence-electron chi connectivity index (χ2n) is 4.52. The molecule has 0 aromatic heterocycles. The minimum absolute atomic E-state index is 0.0595. The number of β-amino-alcohol motifs (C(OH)–C–C–N with tert-alkyl or cyclic N) is 1. The molecule has 17 heavy (non-hydrogen) atoms. The van der Waals surface area contributed by atoms with Crippen LogP contribution in [-0.4, -0.2) is 71.7 Å². The predicted octanol–water partition coefficient (Wildman–Crippen LogP) is -1.17. The molecule has 0 aromatic carbocycles. The molecule has 0 bridgehead atoms. The number of rotatable bonds is 2. The van der Waals surface area contributed by atoms with Crippen molar-refractivity contribution >= 4 is 11.8 Å². The number of carbonyl (C=O) groups excluding carboxylic acids is 2. The van der Waals surface area contributed by atoms with Crippen molar-refractivity contribution < 1.29 is 19.4 Å². The quantitative estimate of drug-likeness (QED) is 0.662. The highest BCUT2D eigenvalue weighted by molar-refractivity contribution is 5.88. The van der Waals surface area contributed by atoms with Gasteiger partial charge in [0, 0.05) is 19.6 Å². The molecule has 0 spiro atoms. The lowest BCUT2D eigenvalue weighted by atomic mass is 10.2. The molecule has 2 aliphatic heterocycles. The molecule has 0 aliphatic carbocycles. The molecule has 1 N–H and O–H groups in total. The average molecular weight is 242 g/mol. The summed E-state index contributed by atoms with van der Waals surface area (Å²) in [5.41, 5.74) is 0. The van der Waals surface area contributed by atoms with Crippen LogP contribution >= 0.6 is 0 Å². The lowest BCUT2D eigenvalue weighted by Gasteiger charge is -2.32. The fourth-order valence-electron chi connectivity index (χ4n) is 2.27. The SMILES string of the molecule is CC(C(=O)N1CCOCC1)N1CC(O)CC1=O. The number of likely N-dealkylation sites (tertiary alicyclic amines) is 1. The summed E-state index contributed by atoms with van der Waals surface area (Å²) in [5, 5.41) is 9.40. The molecule has 2 atom stereocenters. The van der Waals surface area contributed by atoms with Gasteiger partial charge in [0.25, 0.3) is 0 Å². The minimum atomic E-state index is -0.637. The standard InChI is InChI=1S/C11H18N2O4/c1-8(13-7-9(14)6-10(13)15)11(16)12-2-4-17-5-3-12/h8-9,14H,2-7H2,1H3. The highest BCUT2D eigenvalue weighted by Gasteiger charge is 2.36. The number of aliphatic hydroxyl groups is 1. The van der Waals surface area contributed by atoms with Gasteiger partial charge >= 0.3 is 0 Å². The van der Waals surface area contributed by atoms with Crippen molar-refractivity contribution in [2.75, 3.05) is 32.8 Å². The molecule has 2 aliphatic rings. The first-order valence-electron chi connectivity index (χ1n) is 5.93. The van der Waals surface area contributed by atoms with E-state index in [1.807, 2.05) is 0 Å². The molecule has 2 fully saturated rings. The van der Waals surface area contributed by atoms with E-state index in [-0.39, 0.29) is 24.8 Å². The Hall–Kier alpha value is -1.14. The maximum Gasteiger partial charge on any atom is 0.245 e. The van der Waals surface area contributed by atoms with Gasteiger partial charge in [-0.1, -0.05) is 0 Å². The Balaban J connectivity index is 1.96. The Morgan fingerprint density at radius 2 is 2.12 bits per heavy atom. The van der Waals surface area contributed by atoms with Crippen LogP contribution in [0.4, 0.5) is 0 Å². The summed E-state index contributed by atoms with van der Waals surface area (Å²) < 4.78 is 5.18. The van der Waals surface area contributed by atoms with E-state index in [2.05, 4.69) is 0 Å². The first-order chi connectivity index (χ1) is 8.09. The third-order valence-corrected chi connectivity index (χ3v) is 3.29. The minimum Gasteiger partial charge on any atom is -0.391 e. The van der Waals surface area contributed by atoms with E-state index >= 15 is 0 Å². The number of nitrogens with zero attached hydrogens (tertiary/aromatic N) is 2. The summed E-state index contributed by atoms with van der Waals surface area (Å²) in [6.45, 7) is 4.23. The van der Waals surface area contributed by atoms with Crippen LogP contribution < -0.4 is 0 Å². The van der Waals surface area contributed by atoms with Crippen LogP contribution in [0.3, 0.4) is 0 Å². The second-order valence-corrected chi connectivity index (χ2v) is 4.52. The predicted molar refractivity (Wildman–Crippen MR) is 59.2 cm³/mol. The Kier molecular flexibility index (Phi) is 3.63. The Labute approximate surface area is 100 Å². The molecule has 2 saturated heterocycles. The molecule has 0 radical (unpaired) electrons. The van der Waals surface area contributed by atoms with Crippen LogP contribution in [-0.2, 0) is 14.3 Å². The van der Waals surface area contributed by atoms with Crippen molar-refractivity contribution in [3.8, 4) is 0 Å². The number of ether oxygens (including phenoxy) is 1. The van der Waals surface area contributed by atoms with Crippen molar-refractivity contribution in [3.05, 3.63) is 0 Å². The summed E-state index contributed by atoms with van der Waals surface area (Å²) in [7, 11) is 0. The zero-order valence-corrected chi connectivity index (χ0v) is 9.96. The van der Waals surface area contributed by atoms with Gasteiger partial charge in [0.05, 0.1) is 25.7 Å². The van der Waals surface area contributed by atoms with E-state index in [0.717, 1.165) is 0 Å². The average Bonchev–Trinajstić information content (AvgIpc) is 2.68. The normalized spacial score (nSPS) is 27.4. The smallest absolute Gasteiger partial charge is 0.245 e. The number of amides is 2. The van der Waals surface area contributed by atoms with Gasteiger partial charge in [-0.25, -0.2) is 0 Å². The fourth-order valence-corrected chi connectivity index (χ4v) is 2.27. The molecule has 6 heteroatoms. The lowest BCUT2D eigenvalue weighted by molar-refractivity contribution is -0.145. The van der Waals surface area contributed by atoms with Crippen molar-refractivity contribution in [1.82, 2.24) is 9.80 Å². The van der Waals surface area contributed by atoms with Gasteiger partial charge in [0.15, 0.2) is 0 Å². The van der Waals surface area contributed by atoms with Crippen molar-refractivity contribution in [2.24, 2.45) is 0 Å². The molecule has 2 amide bonds. The number of aliphatic hydroxyl groups excluding tert-OH is 1. The Morgan fingerprint density at radius 1 is 1.47 bits per heavy atom. The van der Waals surface area contributed by atoms with Crippen molar-refractivity contribution in [3.63, 3.8) is 0 Å². The van der Waals surface area contributed by atoms with Crippen molar-refractivity contribution in [2.45, 2.75) is 25.5 Å². The van der Waals surface area contributed by atoms with E-state index in [4.69, 9.17) is 4.74 Å². The van der Waals surface area contributed by atoms with E-state index in [9.17, 15) is 14.7 Å². The third kappa shape index (κ3) is 2.58. The zero-order valence-electron chi connectivity index (χ0n) is 9.96. The summed E-state index contributed by atoms with van der Waals surface area (Å²) in [6, 6.07) is -0.488. The molecule has 96 valence electrons. The Morgan fingerprint density at radius 3 is 2.65 bits per heavy atom. The number of hydrogen-bond donors (Lipinski definition) is 1. The van der Waals surface area contributed by atoms with E-state index in [1.165, 1.54) is 4.90 Å². The third-order valence-electron chi connectivity index (χ3n) is 3.29. The summed E-state index contributed by atoms with van der Waals surface area (Å²) in [4.78, 5) is 26.9. The van der Waals surface area contributed by atoms with Gasteiger partial charge < -0.3 is 19.6 Å². The van der Waals surface area contributed by atoms with Crippen LogP contribution in [0.25, 0.3) is 0 Å². The van der Waals surface area contributed by atoms with Gasteiger partial charge in [-0.3, -0.25) is 9.59 Å². The van der Waals surface area contributed by atoms with Crippen LogP contribution in [0, 0.1) is 0 Å². The number of morpholine rings is 1. The molecule has 2 unspecified atom stereocenters. The molecular formula is C11H18N2O4. The van der Waals surface area contributed by atoms with Crippen LogP contribution in [0.15, 0.2) is 0 Å². The first-order valence-corrected chi connectivity index (χ1v) is 5.93. The molecule has 0 aromatic rings. The fraction of sp³-hybridized carbons (Fsp3) is 0.818. The molecule has 2 rings (SSSR count). The number of hydrogen-bond acceptors (Lipinski definition) is 4. The van der Waals surface area contributed by atoms with Gasteiger partial charge in [-0.05, 0) is 6.92 Å². The van der Waals surface area contributed by atoms with Crippen LogP contribution in [0.2, 0.25) is 0 Å². The largest absolute Gasteiger partial charge is 0.391 e. The Bertz CT molecular complexity index is 315. The zero-order chi connectivity index (χ0) is 12.4. The summed E-state index contributed by atoms with van der Waals surface area (Å²) in [5.74, 6) is -0.206. The monoisotopic (exact) mass is 242 g/mol. The van der Waals surface area contributed by atoms with Crippen LogP contribution in [0.5, 0.6) is 0 Å². The highest BCUT2D eigenvalue weighted by atomic mass is 16.5. The summed E-state index contributed by atoms with van der Waals surface area (Å²) in [6.07, 6.45) is -0.511. The molecular weight excluding hydrogens is 224 g/mol. The summed E-state index contributed by atoms with van der Waals surface area (Å²) >= 11 is 0. The van der Waals surface area contributed by atoms with Gasteiger partial charge in [-0.15, -0.1) is 0 Å². The topological polar surface area (TPSA) is 70.1 Å². The van der Waals surface area contributed by atoms with Gasteiger partial charge in [0.2, 0.25) is 11.8 Å². The van der Waals surface area contributed by atoms with E-state index in [1.54, 1.807) is 11.8 Å². The van der Waals surface area contributed by atoms with Gasteiger partial charge in [0.1, 0.15) is 6.04 Å².